The first-order chi connectivity index (χ1) is 19.5. The van der Waals surface area contributed by atoms with Crippen LogP contribution in [-0.2, 0) is 14.3 Å². The summed E-state index contributed by atoms with van der Waals surface area (Å²) in [6.45, 7) is -0.805. The van der Waals surface area contributed by atoms with Crippen LogP contribution in [-0.4, -0.2) is 77.8 Å². The Kier molecular flexibility index (Phi) is 7.19. The Hall–Kier alpha value is -4.82. The second-order valence-electron chi connectivity index (χ2n) is 9.38. The smallest absolute Gasteiger partial charge is 0.331 e. The van der Waals surface area contributed by atoms with Gasteiger partial charge in [0.1, 0.15) is 58.2 Å². The topological polar surface area (TPSA) is 228 Å². The van der Waals surface area contributed by atoms with Gasteiger partial charge in [0, 0.05) is 18.2 Å². The van der Waals surface area contributed by atoms with Crippen molar-refractivity contribution in [2.24, 2.45) is 0 Å². The van der Waals surface area contributed by atoms with E-state index in [9.17, 15) is 50.4 Å². The lowest BCUT2D eigenvalue weighted by Gasteiger charge is -2.42. The molecule has 0 amide bonds. The van der Waals surface area contributed by atoms with Crippen molar-refractivity contribution in [3.05, 3.63) is 69.9 Å². The number of phenols is 5. The lowest BCUT2D eigenvalue weighted by Crippen LogP contribution is -2.56. The second kappa shape index (κ2) is 10.6. The molecule has 8 N–H and O–H groups in total. The molecule has 1 fully saturated rings. The van der Waals surface area contributed by atoms with Gasteiger partial charge in [-0.15, -0.1) is 0 Å². The molecule has 0 bridgehead atoms. The van der Waals surface area contributed by atoms with Gasteiger partial charge in [-0.05, 0) is 29.8 Å². The van der Waals surface area contributed by atoms with Crippen LogP contribution in [0.3, 0.4) is 0 Å². The number of carbonyl (C=O) groups is 1. The molecule has 1 saturated heterocycles. The average molecular weight is 568 g/mol. The molecule has 13 nitrogen and oxygen atoms in total. The highest BCUT2D eigenvalue weighted by Gasteiger charge is 2.49. The summed E-state index contributed by atoms with van der Waals surface area (Å²) in [7, 11) is 0. The molecule has 2 heterocycles. The molecule has 4 aromatic rings. The number of benzene rings is 3. The first-order valence-corrected chi connectivity index (χ1v) is 12.2. The highest BCUT2D eigenvalue weighted by atomic mass is 16.6. The molecule has 0 spiro atoms. The number of aliphatic hydroxyl groups excluding tert-OH is 3. The number of rotatable bonds is 5. The molecule has 0 aliphatic carbocycles. The lowest BCUT2D eigenvalue weighted by molar-refractivity contribution is -0.240. The summed E-state index contributed by atoms with van der Waals surface area (Å²) >= 11 is 0. The van der Waals surface area contributed by atoms with Crippen molar-refractivity contribution in [3.8, 4) is 28.7 Å². The van der Waals surface area contributed by atoms with Crippen LogP contribution >= 0.6 is 0 Å². The Morgan fingerprint density at radius 1 is 0.902 bits per heavy atom. The van der Waals surface area contributed by atoms with E-state index >= 15 is 0 Å². The number of phenolic OH excluding ortho intramolecular Hbond substituents is 5. The number of ether oxygens (including phenoxy) is 2. The van der Waals surface area contributed by atoms with Crippen molar-refractivity contribution in [3.63, 3.8) is 0 Å². The minimum atomic E-state index is -1.88. The summed E-state index contributed by atoms with van der Waals surface area (Å²) in [4.78, 5) is 26.0. The van der Waals surface area contributed by atoms with Gasteiger partial charge in [0.15, 0.2) is 17.6 Å². The molecule has 3 aromatic carbocycles. The molecule has 0 radical (unpaired) electrons. The van der Waals surface area contributed by atoms with Crippen LogP contribution in [0.25, 0.3) is 28.0 Å². The molecular formula is C28H24O13. The number of hydrogen-bond donors (Lipinski definition) is 8. The Bertz CT molecular complexity index is 1720. The minimum absolute atomic E-state index is 0.00875. The summed E-state index contributed by atoms with van der Waals surface area (Å²) in [6, 6.07) is 8.65. The van der Waals surface area contributed by atoms with Crippen LogP contribution in [0.4, 0.5) is 0 Å². The summed E-state index contributed by atoms with van der Waals surface area (Å²) < 4.78 is 16.6. The highest BCUT2D eigenvalue weighted by Crippen LogP contribution is 2.46. The van der Waals surface area contributed by atoms with E-state index in [4.69, 9.17) is 13.9 Å². The first kappa shape index (κ1) is 27.7. The molecular weight excluding hydrogens is 544 g/mol. The third-order valence-electron chi connectivity index (χ3n) is 6.76. The van der Waals surface area contributed by atoms with Crippen molar-refractivity contribution in [2.45, 2.75) is 30.5 Å². The second-order valence-corrected chi connectivity index (χ2v) is 9.38. The summed E-state index contributed by atoms with van der Waals surface area (Å²) in [5, 5.41) is 81.3. The van der Waals surface area contributed by atoms with Gasteiger partial charge in [0.05, 0.1) is 17.6 Å². The molecule has 1 aliphatic heterocycles. The molecule has 214 valence electrons. The Morgan fingerprint density at radius 3 is 2.24 bits per heavy atom. The quantitative estimate of drug-likeness (QED) is 0.0735. The third-order valence-corrected chi connectivity index (χ3v) is 6.76. The Balaban J connectivity index is 1.59. The SMILES string of the molecule is O=C(/C=C/c1ccc(O)cc1)O[C@@H]1[C@@H](O)[C@H](O)[C@@H](CO)O[C@H]1c1c(O)cc2oc3cc(O)c(O)cc3c(=O)c2c1O. The van der Waals surface area contributed by atoms with E-state index < -0.39 is 82.5 Å². The predicted molar refractivity (Wildman–Crippen MR) is 140 cm³/mol. The zero-order chi connectivity index (χ0) is 29.6. The molecule has 41 heavy (non-hydrogen) atoms. The average Bonchev–Trinajstić information content (AvgIpc) is 2.93. The molecule has 13 heteroatoms. The van der Waals surface area contributed by atoms with Gasteiger partial charge in [-0.25, -0.2) is 4.79 Å². The van der Waals surface area contributed by atoms with Crippen LogP contribution in [0, 0.1) is 0 Å². The fraction of sp³-hybridized carbons (Fsp3) is 0.214. The largest absolute Gasteiger partial charge is 0.508 e. The number of fused-ring (bicyclic) bond motifs is 2. The standard InChI is InChI=1S/C28H24O13/c29-10-19-24(36)26(38)28(41-20(34)6-3-11-1-4-12(30)5-2-11)27(40-19)21-16(33)9-18-22(25(21)37)23(35)13-7-14(31)15(32)8-17(13)39-18/h1-9,19,24,26-33,36-38H,10H2/b6-3+/t19-,24-,26+,27+,28-/m1/s1. The van der Waals surface area contributed by atoms with E-state index in [0.717, 1.165) is 24.3 Å². The lowest BCUT2D eigenvalue weighted by atomic mass is 9.89. The Morgan fingerprint density at radius 2 is 1.56 bits per heavy atom. The van der Waals surface area contributed by atoms with Gasteiger partial charge in [0.25, 0.3) is 0 Å². The fourth-order valence-corrected chi connectivity index (χ4v) is 4.68. The summed E-state index contributed by atoms with van der Waals surface area (Å²) in [5.41, 5.74) is -1.34. The minimum Gasteiger partial charge on any atom is -0.508 e. The molecule has 0 unspecified atom stereocenters. The van der Waals surface area contributed by atoms with Gasteiger partial charge in [-0.1, -0.05) is 12.1 Å². The normalized spacial score (nSPS) is 22.9. The van der Waals surface area contributed by atoms with Crippen molar-refractivity contribution in [2.75, 3.05) is 6.61 Å². The number of hydrogen-bond acceptors (Lipinski definition) is 13. The number of esters is 1. The van der Waals surface area contributed by atoms with Gasteiger partial charge in [0.2, 0.25) is 5.43 Å². The van der Waals surface area contributed by atoms with Crippen LogP contribution in [0.2, 0.25) is 0 Å². The van der Waals surface area contributed by atoms with Crippen LogP contribution < -0.4 is 5.43 Å². The molecule has 5 rings (SSSR count). The van der Waals surface area contributed by atoms with E-state index in [0.29, 0.717) is 5.56 Å². The van der Waals surface area contributed by atoms with Gasteiger partial charge >= 0.3 is 5.97 Å². The number of aliphatic hydroxyl groups is 3. The van der Waals surface area contributed by atoms with Crippen LogP contribution in [0.15, 0.2) is 57.8 Å². The van der Waals surface area contributed by atoms with E-state index in [-0.39, 0.29) is 22.3 Å². The molecule has 1 aliphatic rings. The molecule has 0 saturated carbocycles. The Labute approximate surface area is 229 Å². The van der Waals surface area contributed by atoms with Crippen molar-refractivity contribution in [1.82, 2.24) is 0 Å². The monoisotopic (exact) mass is 568 g/mol. The predicted octanol–water partition coefficient (Wildman–Crippen LogP) is 1.25. The first-order valence-electron chi connectivity index (χ1n) is 12.2. The maximum Gasteiger partial charge on any atom is 0.331 e. The molecule has 5 atom stereocenters. The van der Waals surface area contributed by atoms with E-state index in [2.05, 4.69) is 0 Å². The zero-order valence-electron chi connectivity index (χ0n) is 20.9. The van der Waals surface area contributed by atoms with Crippen molar-refractivity contribution in [1.29, 1.82) is 0 Å². The highest BCUT2D eigenvalue weighted by molar-refractivity contribution is 5.96. The number of carbonyl (C=O) groups excluding carboxylic acids is 1. The summed E-state index contributed by atoms with van der Waals surface area (Å²) in [5.74, 6) is -3.82. The van der Waals surface area contributed by atoms with Gasteiger partial charge in [-0.3, -0.25) is 4.79 Å². The van der Waals surface area contributed by atoms with E-state index in [1.165, 1.54) is 30.3 Å². The molecule has 1 aromatic heterocycles. The van der Waals surface area contributed by atoms with E-state index in [1.54, 1.807) is 0 Å². The van der Waals surface area contributed by atoms with E-state index in [1.807, 2.05) is 0 Å². The summed E-state index contributed by atoms with van der Waals surface area (Å²) in [6.07, 6.45) is -6.20. The van der Waals surface area contributed by atoms with Crippen LogP contribution in [0.5, 0.6) is 28.7 Å². The van der Waals surface area contributed by atoms with Gasteiger partial charge < -0.3 is 54.7 Å². The number of aromatic hydroxyl groups is 5. The maximum atomic E-state index is 13.3. The fourth-order valence-electron chi connectivity index (χ4n) is 4.68. The van der Waals surface area contributed by atoms with Crippen molar-refractivity contribution < 1.29 is 59.5 Å². The third kappa shape index (κ3) is 4.98. The van der Waals surface area contributed by atoms with Crippen molar-refractivity contribution >= 4 is 34.0 Å². The zero-order valence-corrected chi connectivity index (χ0v) is 20.9. The van der Waals surface area contributed by atoms with Crippen LogP contribution in [0.1, 0.15) is 17.2 Å². The maximum absolute atomic E-state index is 13.3. The van der Waals surface area contributed by atoms with Gasteiger partial charge in [-0.2, -0.15) is 0 Å².